The topological polar surface area (TPSA) is 159 Å². The van der Waals surface area contributed by atoms with Crippen LogP contribution in [0.25, 0.3) is 5.69 Å². The van der Waals surface area contributed by atoms with Gasteiger partial charge in [0.25, 0.3) is 0 Å². The van der Waals surface area contributed by atoms with Gasteiger partial charge in [-0.3, -0.25) is 9.29 Å². The molecule has 0 amide bonds. The van der Waals surface area contributed by atoms with Crippen LogP contribution in [0, 0.1) is 0 Å². The van der Waals surface area contributed by atoms with Crippen LogP contribution in [0.4, 0.5) is 11.9 Å². The maximum Gasteiger partial charge on any atom is 0.245 e. The van der Waals surface area contributed by atoms with Crippen LogP contribution in [0.3, 0.4) is 0 Å². The van der Waals surface area contributed by atoms with Crippen LogP contribution in [-0.4, -0.2) is 82.3 Å². The summed E-state index contributed by atoms with van der Waals surface area (Å²) in [5.41, 5.74) is 0.264. The van der Waals surface area contributed by atoms with E-state index in [1.54, 1.807) is 0 Å². The first-order valence-electron chi connectivity index (χ1n) is 11.7. The number of nitrogens with one attached hydrogen (secondary N) is 1. The smallest absolute Gasteiger partial charge is 0.245 e. The van der Waals surface area contributed by atoms with E-state index < -0.39 is 21.4 Å². The lowest BCUT2D eigenvalue weighted by Crippen LogP contribution is -2.45. The van der Waals surface area contributed by atoms with Gasteiger partial charge in [-0.2, -0.15) is 9.97 Å². The molecule has 16 heteroatoms. The van der Waals surface area contributed by atoms with Gasteiger partial charge in [-0.05, 0) is 25.7 Å². The van der Waals surface area contributed by atoms with E-state index in [1.165, 1.54) is 37.5 Å². The monoisotopic (exact) mass is 551 g/mol. The third-order valence-corrected chi connectivity index (χ3v) is 8.14. The zero-order valence-electron chi connectivity index (χ0n) is 20.2. The summed E-state index contributed by atoms with van der Waals surface area (Å²) in [6, 6.07) is 0. The van der Waals surface area contributed by atoms with Crippen LogP contribution in [0.15, 0.2) is 18.7 Å². The molecule has 2 aliphatic rings. The van der Waals surface area contributed by atoms with E-state index in [-0.39, 0.29) is 29.9 Å². The molecule has 5 rings (SSSR count). The maximum atomic E-state index is 13.6. The molecule has 198 valence electrons. The number of nitrogens with zero attached hydrogens (tertiary/aromatic N) is 8. The van der Waals surface area contributed by atoms with Crippen molar-refractivity contribution in [3.05, 3.63) is 29.6 Å². The molecule has 0 unspecified atom stereocenters. The summed E-state index contributed by atoms with van der Waals surface area (Å²) in [7, 11) is -1.03. The normalized spacial score (nSPS) is 20.1. The van der Waals surface area contributed by atoms with E-state index in [0.29, 0.717) is 49.2 Å². The molecule has 3 aromatic heterocycles. The summed E-state index contributed by atoms with van der Waals surface area (Å²) < 4.78 is 48.1. The van der Waals surface area contributed by atoms with E-state index in [0.717, 1.165) is 6.42 Å². The Balaban J connectivity index is 1.50. The fourth-order valence-electron chi connectivity index (χ4n) is 4.46. The first kappa shape index (κ1) is 25.4. The molecule has 2 atom stereocenters. The van der Waals surface area contributed by atoms with Crippen LogP contribution in [0.2, 0.25) is 5.02 Å². The SMILES string of the molecule is COc1ncnc(OC)c1-n1c(NS(=O)(=O)[C@@H]2CCCN(c3ncc(Cl)cn3)C2)nnc1[C@@H]1CCCO1. The molecule has 37 heavy (non-hydrogen) atoms. The van der Waals surface area contributed by atoms with E-state index in [9.17, 15) is 8.42 Å². The number of rotatable bonds is 8. The van der Waals surface area contributed by atoms with Crippen molar-refractivity contribution < 1.29 is 22.6 Å². The van der Waals surface area contributed by atoms with Crippen molar-refractivity contribution >= 4 is 33.5 Å². The number of anilines is 2. The molecule has 5 heterocycles. The zero-order chi connectivity index (χ0) is 26.0. The molecule has 0 radical (unpaired) electrons. The van der Waals surface area contributed by atoms with Crippen molar-refractivity contribution in [2.45, 2.75) is 37.0 Å². The van der Waals surface area contributed by atoms with Crippen LogP contribution in [-0.2, 0) is 14.8 Å². The molecule has 0 spiro atoms. The molecule has 0 saturated carbocycles. The second kappa shape index (κ2) is 10.6. The average molecular weight is 552 g/mol. The number of aromatic nitrogens is 7. The van der Waals surface area contributed by atoms with Gasteiger partial charge in [-0.1, -0.05) is 11.6 Å². The maximum absolute atomic E-state index is 13.6. The largest absolute Gasteiger partial charge is 0.479 e. The Morgan fingerprint density at radius 1 is 1.05 bits per heavy atom. The zero-order valence-corrected chi connectivity index (χ0v) is 21.8. The summed E-state index contributed by atoms with van der Waals surface area (Å²) in [5, 5.41) is 8.10. The van der Waals surface area contributed by atoms with Gasteiger partial charge in [-0.25, -0.2) is 18.4 Å². The number of methoxy groups -OCH3 is 2. The summed E-state index contributed by atoms with van der Waals surface area (Å²) in [4.78, 5) is 18.6. The predicted octanol–water partition coefficient (Wildman–Crippen LogP) is 1.78. The number of halogens is 1. The van der Waals surface area contributed by atoms with Crippen LogP contribution in [0.5, 0.6) is 11.8 Å². The lowest BCUT2D eigenvalue weighted by atomic mass is 10.1. The summed E-state index contributed by atoms with van der Waals surface area (Å²) >= 11 is 5.90. The van der Waals surface area contributed by atoms with Crippen molar-refractivity contribution in [1.29, 1.82) is 0 Å². The Hall–Kier alpha value is -3.30. The number of piperidine rings is 1. The van der Waals surface area contributed by atoms with E-state index in [1.807, 2.05) is 4.90 Å². The minimum Gasteiger partial charge on any atom is -0.479 e. The second-order valence-electron chi connectivity index (χ2n) is 8.52. The Kier molecular flexibility index (Phi) is 7.26. The average Bonchev–Trinajstić information content (AvgIpc) is 3.58. The number of sulfonamides is 1. The standard InChI is InChI=1S/C21H26ClN9O5S/c1-34-18-16(19(35-2)26-12-25-18)31-17(15-6-4-8-36-15)27-28-21(31)29-37(32,33)14-5-3-7-30(11-14)20-23-9-13(22)10-24-20/h9-10,12,14-15H,3-8,11H2,1-2H3,(H,28,29)/t14-,15+/m1/s1. The fourth-order valence-corrected chi connectivity index (χ4v) is 5.97. The Morgan fingerprint density at radius 2 is 1.78 bits per heavy atom. The highest BCUT2D eigenvalue weighted by atomic mass is 35.5. The second-order valence-corrected chi connectivity index (χ2v) is 10.9. The van der Waals surface area contributed by atoms with Crippen molar-refractivity contribution in [2.24, 2.45) is 0 Å². The van der Waals surface area contributed by atoms with Crippen molar-refractivity contribution in [1.82, 2.24) is 34.7 Å². The minimum absolute atomic E-state index is 0.0447. The lowest BCUT2D eigenvalue weighted by Gasteiger charge is -2.32. The molecule has 0 bridgehead atoms. The van der Waals surface area contributed by atoms with Gasteiger partial charge >= 0.3 is 0 Å². The summed E-state index contributed by atoms with van der Waals surface area (Å²) in [6.07, 6.45) is 6.48. The summed E-state index contributed by atoms with van der Waals surface area (Å²) in [6.45, 7) is 1.39. The summed E-state index contributed by atoms with van der Waals surface area (Å²) in [5.74, 6) is 1.09. The Morgan fingerprint density at radius 3 is 2.43 bits per heavy atom. The van der Waals surface area contributed by atoms with Gasteiger partial charge in [0.05, 0.1) is 36.9 Å². The third-order valence-electron chi connectivity index (χ3n) is 6.21. The number of hydrogen-bond donors (Lipinski definition) is 1. The van der Waals surface area contributed by atoms with Crippen molar-refractivity contribution in [2.75, 3.05) is 43.5 Å². The Bertz CT molecular complexity index is 1330. The minimum atomic E-state index is -3.93. The quantitative estimate of drug-likeness (QED) is 0.433. The van der Waals surface area contributed by atoms with Crippen molar-refractivity contribution in [3.8, 4) is 17.4 Å². The molecule has 2 saturated heterocycles. The number of hydrogen-bond acceptors (Lipinski definition) is 12. The molecule has 3 aromatic rings. The Labute approximate surface area is 218 Å². The molecule has 2 fully saturated rings. The van der Waals surface area contributed by atoms with E-state index >= 15 is 0 Å². The van der Waals surface area contributed by atoms with Gasteiger partial charge < -0.3 is 19.1 Å². The van der Waals surface area contributed by atoms with E-state index in [4.69, 9.17) is 25.8 Å². The van der Waals surface area contributed by atoms with Crippen molar-refractivity contribution in [3.63, 3.8) is 0 Å². The molecule has 2 aliphatic heterocycles. The highest BCUT2D eigenvalue weighted by molar-refractivity contribution is 7.93. The highest BCUT2D eigenvalue weighted by Crippen LogP contribution is 2.37. The predicted molar refractivity (Wildman–Crippen MR) is 133 cm³/mol. The third kappa shape index (κ3) is 5.10. The van der Waals surface area contributed by atoms with Gasteiger partial charge in [-0.15, -0.1) is 10.2 Å². The van der Waals surface area contributed by atoms with Crippen LogP contribution in [0.1, 0.15) is 37.6 Å². The molecule has 0 aliphatic carbocycles. The van der Waals surface area contributed by atoms with Crippen LogP contribution < -0.4 is 19.1 Å². The molecular weight excluding hydrogens is 526 g/mol. The first-order valence-corrected chi connectivity index (χ1v) is 13.6. The van der Waals surface area contributed by atoms with Gasteiger partial charge in [0, 0.05) is 19.7 Å². The van der Waals surface area contributed by atoms with Gasteiger partial charge in [0.15, 0.2) is 11.5 Å². The molecular formula is C21H26ClN9O5S. The number of ether oxygens (including phenoxy) is 3. The molecule has 1 N–H and O–H groups in total. The molecule has 0 aromatic carbocycles. The highest BCUT2D eigenvalue weighted by Gasteiger charge is 2.36. The van der Waals surface area contributed by atoms with Gasteiger partial charge in [0.2, 0.25) is 33.7 Å². The van der Waals surface area contributed by atoms with Gasteiger partial charge in [0.1, 0.15) is 12.4 Å². The lowest BCUT2D eigenvalue weighted by molar-refractivity contribution is 0.103. The fraction of sp³-hybridized carbons (Fsp3) is 0.524. The molecule has 14 nitrogen and oxygen atoms in total. The first-order chi connectivity index (χ1) is 17.9. The van der Waals surface area contributed by atoms with Crippen LogP contribution >= 0.6 is 11.6 Å². The van der Waals surface area contributed by atoms with E-state index in [2.05, 4.69) is 34.9 Å².